The number of halogens is 1. The number of rotatable bonds is 5. The normalized spacial score (nSPS) is 16.8. The molecule has 6 heteroatoms. The third-order valence-corrected chi connectivity index (χ3v) is 3.53. The summed E-state index contributed by atoms with van der Waals surface area (Å²) in [4.78, 5) is 12.1. The van der Waals surface area contributed by atoms with E-state index in [1.165, 1.54) is 0 Å². The van der Waals surface area contributed by atoms with Crippen molar-refractivity contribution in [2.24, 2.45) is 0 Å². The molecule has 0 aromatic heterocycles. The highest BCUT2D eigenvalue weighted by molar-refractivity contribution is 5.91. The Bertz CT molecular complexity index is 646. The van der Waals surface area contributed by atoms with E-state index in [2.05, 4.69) is 10.6 Å². The van der Waals surface area contributed by atoms with Crippen molar-refractivity contribution >= 4 is 24.0 Å². The number of benzene rings is 2. The van der Waals surface area contributed by atoms with E-state index in [0.717, 1.165) is 18.0 Å². The third-order valence-electron chi connectivity index (χ3n) is 3.53. The zero-order valence-electron chi connectivity index (χ0n) is 13.2. The summed E-state index contributed by atoms with van der Waals surface area (Å²) >= 11 is 0. The molecule has 2 aromatic carbocycles. The van der Waals surface area contributed by atoms with Crippen molar-refractivity contribution in [1.82, 2.24) is 5.32 Å². The van der Waals surface area contributed by atoms with Crippen LogP contribution in [-0.4, -0.2) is 31.7 Å². The molecule has 1 aliphatic rings. The average Bonchev–Trinajstić information content (AvgIpc) is 2.57. The molecule has 1 unspecified atom stereocenters. The lowest BCUT2D eigenvalue weighted by molar-refractivity contribution is -0.117. The quantitative estimate of drug-likeness (QED) is 0.871. The highest BCUT2D eigenvalue weighted by Crippen LogP contribution is 2.23. The minimum atomic E-state index is -0.0372. The van der Waals surface area contributed by atoms with Gasteiger partial charge >= 0.3 is 0 Å². The van der Waals surface area contributed by atoms with Crippen molar-refractivity contribution in [2.45, 2.75) is 12.5 Å². The first-order valence-corrected chi connectivity index (χ1v) is 7.73. The van der Waals surface area contributed by atoms with E-state index in [0.29, 0.717) is 25.4 Å². The zero-order valence-corrected chi connectivity index (χ0v) is 14.1. The van der Waals surface area contributed by atoms with Crippen LogP contribution in [0, 0.1) is 0 Å². The lowest BCUT2D eigenvalue weighted by atomic mass is 10.2. The number of carbonyl (C=O) groups excluding carboxylic acids is 1. The summed E-state index contributed by atoms with van der Waals surface area (Å²) in [7, 11) is 0. The predicted octanol–water partition coefficient (Wildman–Crippen LogP) is 3.22. The maximum atomic E-state index is 12.1. The summed E-state index contributed by atoms with van der Waals surface area (Å²) in [5.41, 5.74) is 0.722. The van der Waals surface area contributed by atoms with Crippen LogP contribution in [0.4, 0.5) is 5.69 Å². The second-order valence-corrected chi connectivity index (χ2v) is 5.42. The summed E-state index contributed by atoms with van der Waals surface area (Å²) in [5, 5.41) is 6.17. The Morgan fingerprint density at radius 1 is 1.17 bits per heavy atom. The molecule has 1 saturated heterocycles. The Balaban J connectivity index is 0.00000208. The van der Waals surface area contributed by atoms with Gasteiger partial charge in [-0.25, -0.2) is 0 Å². The Morgan fingerprint density at radius 3 is 2.71 bits per heavy atom. The van der Waals surface area contributed by atoms with Gasteiger partial charge < -0.3 is 20.1 Å². The Labute approximate surface area is 147 Å². The van der Waals surface area contributed by atoms with Gasteiger partial charge in [-0.05, 0) is 24.3 Å². The molecule has 128 valence electrons. The molecule has 2 aromatic rings. The fraction of sp³-hybridized carbons (Fsp3) is 0.278. The molecule has 1 atom stereocenters. The van der Waals surface area contributed by atoms with Crippen LogP contribution in [0.15, 0.2) is 54.6 Å². The highest BCUT2D eigenvalue weighted by atomic mass is 35.5. The standard InChI is InChI=1S/C18H20N2O3.ClH/c21-18(12-15-13-22-10-9-19-15)20-14-5-4-8-17(11-14)23-16-6-2-1-3-7-16;/h1-8,11,15,19H,9-10,12-13H2,(H,20,21);1H. The van der Waals surface area contributed by atoms with E-state index < -0.39 is 0 Å². The molecule has 2 N–H and O–H groups in total. The van der Waals surface area contributed by atoms with Crippen LogP contribution in [0.25, 0.3) is 0 Å². The van der Waals surface area contributed by atoms with Gasteiger partial charge in [-0.1, -0.05) is 24.3 Å². The average molecular weight is 349 g/mol. The molecule has 0 radical (unpaired) electrons. The molecular formula is C18H21ClN2O3. The molecule has 1 fully saturated rings. The lowest BCUT2D eigenvalue weighted by Crippen LogP contribution is -2.43. The van der Waals surface area contributed by atoms with Gasteiger partial charge in [0.1, 0.15) is 11.5 Å². The van der Waals surface area contributed by atoms with Crippen LogP contribution >= 0.6 is 12.4 Å². The number of anilines is 1. The van der Waals surface area contributed by atoms with Crippen LogP contribution in [-0.2, 0) is 9.53 Å². The van der Waals surface area contributed by atoms with Crippen LogP contribution in [0.3, 0.4) is 0 Å². The zero-order chi connectivity index (χ0) is 15.9. The van der Waals surface area contributed by atoms with E-state index in [4.69, 9.17) is 9.47 Å². The fourth-order valence-corrected chi connectivity index (χ4v) is 2.45. The number of morpholine rings is 1. The van der Waals surface area contributed by atoms with Gasteiger partial charge in [-0.15, -0.1) is 12.4 Å². The topological polar surface area (TPSA) is 59.6 Å². The van der Waals surface area contributed by atoms with E-state index in [9.17, 15) is 4.79 Å². The van der Waals surface area contributed by atoms with Crippen LogP contribution in [0.1, 0.15) is 6.42 Å². The molecular weight excluding hydrogens is 328 g/mol. The molecule has 0 saturated carbocycles. The number of nitrogens with one attached hydrogen (secondary N) is 2. The number of amides is 1. The van der Waals surface area contributed by atoms with Gasteiger partial charge in [0.25, 0.3) is 0 Å². The Kier molecular flexibility index (Phi) is 7.06. The van der Waals surface area contributed by atoms with Gasteiger partial charge in [-0.2, -0.15) is 0 Å². The van der Waals surface area contributed by atoms with Crippen molar-refractivity contribution < 1.29 is 14.3 Å². The van der Waals surface area contributed by atoms with Crippen LogP contribution in [0.5, 0.6) is 11.5 Å². The van der Waals surface area contributed by atoms with E-state index >= 15 is 0 Å². The summed E-state index contributed by atoms with van der Waals surface area (Å²) < 4.78 is 11.1. The fourth-order valence-electron chi connectivity index (χ4n) is 2.45. The SMILES string of the molecule is Cl.O=C(CC1COCCN1)Nc1cccc(Oc2ccccc2)c1. The maximum absolute atomic E-state index is 12.1. The smallest absolute Gasteiger partial charge is 0.226 e. The van der Waals surface area contributed by atoms with Crippen molar-refractivity contribution in [1.29, 1.82) is 0 Å². The maximum Gasteiger partial charge on any atom is 0.226 e. The Morgan fingerprint density at radius 2 is 1.96 bits per heavy atom. The van der Waals surface area contributed by atoms with Crippen molar-refractivity contribution in [3.63, 3.8) is 0 Å². The van der Waals surface area contributed by atoms with Gasteiger partial charge in [-0.3, -0.25) is 4.79 Å². The Hall–Kier alpha value is -2.08. The van der Waals surface area contributed by atoms with Gasteiger partial charge in [0.05, 0.1) is 13.2 Å². The largest absolute Gasteiger partial charge is 0.457 e. The second-order valence-electron chi connectivity index (χ2n) is 5.42. The predicted molar refractivity (Wildman–Crippen MR) is 96.1 cm³/mol. The second kappa shape index (κ2) is 9.27. The van der Waals surface area contributed by atoms with Crippen LogP contribution < -0.4 is 15.4 Å². The van der Waals surface area contributed by atoms with E-state index in [-0.39, 0.29) is 24.4 Å². The highest BCUT2D eigenvalue weighted by Gasteiger charge is 2.16. The van der Waals surface area contributed by atoms with Gasteiger partial charge in [0.2, 0.25) is 5.91 Å². The molecule has 0 bridgehead atoms. The number of para-hydroxylation sites is 1. The number of hydrogen-bond donors (Lipinski definition) is 2. The molecule has 0 spiro atoms. The van der Waals surface area contributed by atoms with Crippen molar-refractivity contribution in [3.05, 3.63) is 54.6 Å². The van der Waals surface area contributed by atoms with Crippen molar-refractivity contribution in [2.75, 3.05) is 25.1 Å². The molecule has 0 aliphatic carbocycles. The molecule has 24 heavy (non-hydrogen) atoms. The summed E-state index contributed by atoms with van der Waals surface area (Å²) in [6.45, 7) is 2.07. The molecule has 1 aliphatic heterocycles. The summed E-state index contributed by atoms with van der Waals surface area (Å²) in [5.74, 6) is 1.41. The number of ether oxygens (including phenoxy) is 2. The molecule has 1 heterocycles. The number of hydrogen-bond acceptors (Lipinski definition) is 4. The molecule has 5 nitrogen and oxygen atoms in total. The monoisotopic (exact) mass is 348 g/mol. The first kappa shape index (κ1) is 18.3. The summed E-state index contributed by atoms with van der Waals surface area (Å²) in [6.07, 6.45) is 0.393. The van der Waals surface area contributed by atoms with Crippen molar-refractivity contribution in [3.8, 4) is 11.5 Å². The lowest BCUT2D eigenvalue weighted by Gasteiger charge is -2.23. The van der Waals surface area contributed by atoms with E-state index in [1.807, 2.05) is 54.6 Å². The van der Waals surface area contributed by atoms with Gasteiger partial charge in [0.15, 0.2) is 0 Å². The first-order valence-electron chi connectivity index (χ1n) is 7.73. The third kappa shape index (κ3) is 5.53. The number of carbonyl (C=O) groups is 1. The summed E-state index contributed by atoms with van der Waals surface area (Å²) in [6, 6.07) is 17.0. The first-order chi connectivity index (χ1) is 11.3. The van der Waals surface area contributed by atoms with Gasteiger partial charge in [0, 0.05) is 30.8 Å². The van der Waals surface area contributed by atoms with Crippen LogP contribution in [0.2, 0.25) is 0 Å². The van der Waals surface area contributed by atoms with E-state index in [1.54, 1.807) is 0 Å². The molecule has 1 amide bonds. The minimum absolute atomic E-state index is 0. The molecule has 3 rings (SSSR count). The minimum Gasteiger partial charge on any atom is -0.457 e.